The molecule has 1 aliphatic heterocycles. The van der Waals surface area contributed by atoms with Gasteiger partial charge in [-0.1, -0.05) is 19.1 Å². The Balaban J connectivity index is 1.99. The van der Waals surface area contributed by atoms with Crippen molar-refractivity contribution in [2.75, 3.05) is 20.2 Å². The zero-order valence-corrected chi connectivity index (χ0v) is 15.0. The van der Waals surface area contributed by atoms with E-state index in [9.17, 15) is 9.59 Å². The Morgan fingerprint density at radius 1 is 1.25 bits per heavy atom. The Morgan fingerprint density at radius 3 is 2.50 bits per heavy atom. The fourth-order valence-corrected chi connectivity index (χ4v) is 3.02. The van der Waals surface area contributed by atoms with E-state index in [2.05, 4.69) is 0 Å². The molecule has 1 aromatic carbocycles. The van der Waals surface area contributed by atoms with Crippen molar-refractivity contribution in [2.24, 2.45) is 5.92 Å². The standard InChI is InChI=1S/C19H27NO4/c1-5-16(24-17-8-6-7-13(2)14(17)3)18(21)20-11-9-15(10-12-20)19(22)23-4/h6-8,15-16H,5,9-12H2,1-4H3/t16-/m1/s1. The van der Waals surface area contributed by atoms with Gasteiger partial charge in [0.1, 0.15) is 5.75 Å². The van der Waals surface area contributed by atoms with Crippen molar-refractivity contribution in [1.29, 1.82) is 0 Å². The van der Waals surface area contributed by atoms with Gasteiger partial charge in [-0.2, -0.15) is 0 Å². The van der Waals surface area contributed by atoms with Crippen molar-refractivity contribution >= 4 is 11.9 Å². The van der Waals surface area contributed by atoms with Crippen LogP contribution in [0.1, 0.15) is 37.3 Å². The van der Waals surface area contributed by atoms with Crippen LogP contribution in [0.25, 0.3) is 0 Å². The summed E-state index contributed by atoms with van der Waals surface area (Å²) in [6, 6.07) is 5.88. The molecule has 5 nitrogen and oxygen atoms in total. The Morgan fingerprint density at radius 2 is 1.92 bits per heavy atom. The molecule has 0 N–H and O–H groups in total. The highest BCUT2D eigenvalue weighted by molar-refractivity contribution is 5.82. The number of carbonyl (C=O) groups is 2. The third-order valence-corrected chi connectivity index (χ3v) is 4.81. The third-order valence-electron chi connectivity index (χ3n) is 4.81. The third kappa shape index (κ3) is 4.08. The zero-order chi connectivity index (χ0) is 17.7. The molecular formula is C19H27NO4. The second kappa shape index (κ2) is 8.18. The first kappa shape index (κ1) is 18.3. The molecule has 0 aromatic heterocycles. The number of aryl methyl sites for hydroxylation is 1. The zero-order valence-electron chi connectivity index (χ0n) is 15.0. The second-order valence-corrected chi connectivity index (χ2v) is 6.34. The molecule has 1 fully saturated rings. The summed E-state index contributed by atoms with van der Waals surface area (Å²) in [7, 11) is 1.41. The maximum atomic E-state index is 12.8. The van der Waals surface area contributed by atoms with Crippen molar-refractivity contribution < 1.29 is 19.1 Å². The lowest BCUT2D eigenvalue weighted by atomic mass is 9.96. The molecule has 0 aliphatic carbocycles. The number of carbonyl (C=O) groups excluding carboxylic acids is 2. The van der Waals surface area contributed by atoms with Gasteiger partial charge in [0.15, 0.2) is 6.10 Å². The number of rotatable bonds is 5. The molecule has 1 aliphatic rings. The molecule has 0 spiro atoms. The number of methoxy groups -OCH3 is 1. The minimum atomic E-state index is -0.486. The number of nitrogens with zero attached hydrogens (tertiary/aromatic N) is 1. The number of hydrogen-bond donors (Lipinski definition) is 0. The lowest BCUT2D eigenvalue weighted by Gasteiger charge is -2.33. The molecular weight excluding hydrogens is 306 g/mol. The lowest BCUT2D eigenvalue weighted by molar-refractivity contribution is -0.150. The summed E-state index contributed by atoms with van der Waals surface area (Å²) in [5.41, 5.74) is 2.21. The Kier molecular flexibility index (Phi) is 6.23. The van der Waals surface area contributed by atoms with Crippen molar-refractivity contribution in [3.8, 4) is 5.75 Å². The van der Waals surface area contributed by atoms with Gasteiger partial charge >= 0.3 is 5.97 Å². The molecule has 1 amide bonds. The maximum absolute atomic E-state index is 12.8. The van der Waals surface area contributed by atoms with Crippen LogP contribution in [-0.2, 0) is 14.3 Å². The first-order valence-electron chi connectivity index (χ1n) is 8.57. The molecule has 1 heterocycles. The van der Waals surface area contributed by atoms with Crippen molar-refractivity contribution in [1.82, 2.24) is 4.90 Å². The van der Waals surface area contributed by atoms with Crippen LogP contribution in [-0.4, -0.2) is 43.1 Å². The number of hydrogen-bond acceptors (Lipinski definition) is 4. The largest absolute Gasteiger partial charge is 0.480 e. The van der Waals surface area contributed by atoms with E-state index in [4.69, 9.17) is 9.47 Å². The van der Waals surface area contributed by atoms with E-state index in [1.54, 1.807) is 4.90 Å². The Hall–Kier alpha value is -2.04. The molecule has 0 saturated carbocycles. The predicted octanol–water partition coefficient (Wildman–Crippen LogP) is 2.87. The van der Waals surface area contributed by atoms with Crippen molar-refractivity contribution in [2.45, 2.75) is 46.1 Å². The van der Waals surface area contributed by atoms with Gasteiger partial charge in [-0.3, -0.25) is 9.59 Å². The van der Waals surface area contributed by atoms with Crippen LogP contribution in [0.2, 0.25) is 0 Å². The summed E-state index contributed by atoms with van der Waals surface area (Å²) in [4.78, 5) is 26.2. The van der Waals surface area contributed by atoms with Gasteiger partial charge in [-0.15, -0.1) is 0 Å². The smallest absolute Gasteiger partial charge is 0.308 e. The minimum Gasteiger partial charge on any atom is -0.480 e. The molecule has 1 saturated heterocycles. The van der Waals surface area contributed by atoms with Crippen LogP contribution in [0, 0.1) is 19.8 Å². The summed E-state index contributed by atoms with van der Waals surface area (Å²) >= 11 is 0. The molecule has 5 heteroatoms. The Bertz CT molecular complexity index is 591. The molecule has 2 rings (SSSR count). The van der Waals surface area contributed by atoms with E-state index in [1.165, 1.54) is 7.11 Å². The van der Waals surface area contributed by atoms with E-state index < -0.39 is 6.10 Å². The highest BCUT2D eigenvalue weighted by Crippen LogP contribution is 2.24. The van der Waals surface area contributed by atoms with Gasteiger partial charge in [0, 0.05) is 13.1 Å². The van der Waals surface area contributed by atoms with E-state index in [1.807, 2.05) is 39.0 Å². The first-order chi connectivity index (χ1) is 11.5. The predicted molar refractivity (Wildman–Crippen MR) is 91.9 cm³/mol. The molecule has 1 atom stereocenters. The molecule has 0 bridgehead atoms. The van der Waals surface area contributed by atoms with Crippen LogP contribution >= 0.6 is 0 Å². The van der Waals surface area contributed by atoms with Crippen molar-refractivity contribution in [3.63, 3.8) is 0 Å². The van der Waals surface area contributed by atoms with E-state index in [0.29, 0.717) is 32.4 Å². The average Bonchev–Trinajstić information content (AvgIpc) is 2.62. The fraction of sp³-hybridized carbons (Fsp3) is 0.579. The lowest BCUT2D eigenvalue weighted by Crippen LogP contribution is -2.46. The molecule has 0 unspecified atom stereocenters. The number of ether oxygens (including phenoxy) is 2. The highest BCUT2D eigenvalue weighted by Gasteiger charge is 2.31. The SMILES string of the molecule is CC[C@@H](Oc1cccc(C)c1C)C(=O)N1CCC(C(=O)OC)CC1. The Labute approximate surface area is 143 Å². The quantitative estimate of drug-likeness (QED) is 0.778. The first-order valence-corrected chi connectivity index (χ1v) is 8.57. The van der Waals surface area contributed by atoms with E-state index in [0.717, 1.165) is 16.9 Å². The molecule has 0 radical (unpaired) electrons. The monoisotopic (exact) mass is 333 g/mol. The minimum absolute atomic E-state index is 0.00159. The second-order valence-electron chi connectivity index (χ2n) is 6.34. The van der Waals surface area contributed by atoms with Gasteiger partial charge in [-0.05, 0) is 50.3 Å². The van der Waals surface area contributed by atoms with E-state index >= 15 is 0 Å². The summed E-state index contributed by atoms with van der Waals surface area (Å²) < 4.78 is 10.8. The van der Waals surface area contributed by atoms with Crippen LogP contribution < -0.4 is 4.74 Å². The average molecular weight is 333 g/mol. The summed E-state index contributed by atoms with van der Waals surface area (Å²) in [5.74, 6) is 0.487. The highest BCUT2D eigenvalue weighted by atomic mass is 16.5. The van der Waals surface area contributed by atoms with Gasteiger partial charge in [0.25, 0.3) is 5.91 Å². The van der Waals surface area contributed by atoms with Crippen LogP contribution in [0.5, 0.6) is 5.75 Å². The van der Waals surface area contributed by atoms with Gasteiger partial charge in [-0.25, -0.2) is 0 Å². The number of amides is 1. The topological polar surface area (TPSA) is 55.8 Å². The fourth-order valence-electron chi connectivity index (χ4n) is 3.02. The number of likely N-dealkylation sites (tertiary alicyclic amines) is 1. The van der Waals surface area contributed by atoms with Crippen LogP contribution in [0.15, 0.2) is 18.2 Å². The normalized spacial score (nSPS) is 16.6. The molecule has 132 valence electrons. The number of benzene rings is 1. The molecule has 24 heavy (non-hydrogen) atoms. The van der Waals surface area contributed by atoms with Crippen molar-refractivity contribution in [3.05, 3.63) is 29.3 Å². The summed E-state index contributed by atoms with van der Waals surface area (Å²) in [6.45, 7) is 7.14. The summed E-state index contributed by atoms with van der Waals surface area (Å²) in [5, 5.41) is 0. The van der Waals surface area contributed by atoms with Crippen LogP contribution in [0.4, 0.5) is 0 Å². The van der Waals surface area contributed by atoms with Gasteiger partial charge in [0.2, 0.25) is 0 Å². The van der Waals surface area contributed by atoms with Gasteiger partial charge in [0.05, 0.1) is 13.0 Å². The van der Waals surface area contributed by atoms with Gasteiger partial charge < -0.3 is 14.4 Å². The van der Waals surface area contributed by atoms with Crippen LogP contribution in [0.3, 0.4) is 0 Å². The summed E-state index contributed by atoms with van der Waals surface area (Å²) in [6.07, 6.45) is 1.43. The molecule has 1 aromatic rings. The maximum Gasteiger partial charge on any atom is 0.308 e. The van der Waals surface area contributed by atoms with E-state index in [-0.39, 0.29) is 17.8 Å². The number of piperidine rings is 1. The number of esters is 1.